The van der Waals surface area contributed by atoms with E-state index in [1.165, 1.54) is 36.3 Å². The first kappa shape index (κ1) is 26.7. The number of hydrogen-bond donors (Lipinski definition) is 1. The Hall–Kier alpha value is -4.85. The van der Waals surface area contributed by atoms with E-state index in [2.05, 4.69) is 0 Å². The first-order valence-electron chi connectivity index (χ1n) is 12.8. The highest BCUT2D eigenvalue weighted by Gasteiger charge is 2.40. The Bertz CT molecular complexity index is 1480. The van der Waals surface area contributed by atoms with E-state index >= 15 is 0 Å². The summed E-state index contributed by atoms with van der Waals surface area (Å²) in [5.74, 6) is -0.867. The molecule has 0 saturated heterocycles. The number of amides is 1. The van der Waals surface area contributed by atoms with Crippen LogP contribution in [0.25, 0.3) is 0 Å². The molecule has 0 spiro atoms. The van der Waals surface area contributed by atoms with E-state index in [-0.39, 0.29) is 25.3 Å². The Balaban J connectivity index is 1.48. The van der Waals surface area contributed by atoms with Crippen LogP contribution in [0.1, 0.15) is 28.4 Å². The first-order chi connectivity index (χ1) is 19.4. The molecule has 0 unspecified atom stereocenters. The zero-order valence-corrected chi connectivity index (χ0v) is 21.8. The number of hydrogen-bond acceptors (Lipinski definition) is 5. The molecule has 0 aromatic heterocycles. The van der Waals surface area contributed by atoms with E-state index in [1.54, 1.807) is 30.3 Å². The standard InChI is InChI=1S/C32H28FNO6/c1-38-28-17-12-23-19-34(27(32(36)37)18-26(23)30(28)39-20-21-8-4-2-5-9-21)31(35)29(22-10-6-3-7-11-22)40-25-15-13-24(33)14-16-25/h2-17,27,29H,18-20H2,1H3,(H,36,37)/t27-,29+/m0/s1. The number of benzene rings is 4. The number of carboxylic acid groups (broad SMARTS) is 1. The third-order valence-electron chi connectivity index (χ3n) is 6.84. The quantitative estimate of drug-likeness (QED) is 0.298. The minimum Gasteiger partial charge on any atom is -0.493 e. The van der Waals surface area contributed by atoms with Crippen LogP contribution in [0.15, 0.2) is 97.1 Å². The largest absolute Gasteiger partial charge is 0.493 e. The highest BCUT2D eigenvalue weighted by molar-refractivity contribution is 5.88. The summed E-state index contributed by atoms with van der Waals surface area (Å²) in [6.45, 7) is 0.308. The van der Waals surface area contributed by atoms with Crippen molar-refractivity contribution < 1.29 is 33.3 Å². The maximum absolute atomic E-state index is 14.0. The van der Waals surface area contributed by atoms with Crippen molar-refractivity contribution >= 4 is 11.9 Å². The summed E-state index contributed by atoms with van der Waals surface area (Å²) < 4.78 is 31.2. The third-order valence-corrected chi connectivity index (χ3v) is 6.84. The van der Waals surface area contributed by atoms with Gasteiger partial charge in [0.1, 0.15) is 24.2 Å². The Labute approximate surface area is 231 Å². The Morgan fingerprint density at radius 3 is 2.27 bits per heavy atom. The molecule has 0 fully saturated rings. The number of halogens is 1. The molecule has 0 saturated carbocycles. The molecule has 1 heterocycles. The Morgan fingerprint density at radius 1 is 0.950 bits per heavy atom. The molecular formula is C32H28FNO6. The monoisotopic (exact) mass is 541 g/mol. The molecule has 40 heavy (non-hydrogen) atoms. The van der Waals surface area contributed by atoms with Gasteiger partial charge in [0.2, 0.25) is 6.10 Å². The van der Waals surface area contributed by atoms with E-state index in [1.807, 2.05) is 42.5 Å². The van der Waals surface area contributed by atoms with Crippen molar-refractivity contribution in [2.24, 2.45) is 0 Å². The molecule has 8 heteroatoms. The van der Waals surface area contributed by atoms with Gasteiger partial charge >= 0.3 is 5.97 Å². The number of aliphatic carboxylic acids is 1. The van der Waals surface area contributed by atoms with Gasteiger partial charge in [-0.05, 0) is 41.5 Å². The van der Waals surface area contributed by atoms with Crippen molar-refractivity contribution in [2.75, 3.05) is 7.11 Å². The van der Waals surface area contributed by atoms with Crippen molar-refractivity contribution in [1.29, 1.82) is 0 Å². The summed E-state index contributed by atoms with van der Waals surface area (Å²) in [5, 5.41) is 10.2. The number of carboxylic acids is 1. The molecule has 1 aliphatic rings. The normalized spacial score (nSPS) is 15.1. The summed E-state index contributed by atoms with van der Waals surface area (Å²) in [4.78, 5) is 27.9. The van der Waals surface area contributed by atoms with E-state index in [4.69, 9.17) is 14.2 Å². The maximum Gasteiger partial charge on any atom is 0.326 e. The van der Waals surface area contributed by atoms with Gasteiger partial charge in [-0.15, -0.1) is 0 Å². The Kier molecular flexibility index (Phi) is 7.96. The summed E-state index contributed by atoms with van der Waals surface area (Å²) in [7, 11) is 1.53. The average Bonchev–Trinajstić information content (AvgIpc) is 2.99. The van der Waals surface area contributed by atoms with Crippen LogP contribution in [0.2, 0.25) is 0 Å². The smallest absolute Gasteiger partial charge is 0.326 e. The van der Waals surface area contributed by atoms with Crippen LogP contribution in [0.4, 0.5) is 4.39 Å². The second kappa shape index (κ2) is 11.9. The number of carbonyl (C=O) groups excluding carboxylic acids is 1. The molecule has 1 aliphatic heterocycles. The highest BCUT2D eigenvalue weighted by atomic mass is 19.1. The van der Waals surface area contributed by atoms with Crippen molar-refractivity contribution in [3.05, 3.63) is 125 Å². The van der Waals surface area contributed by atoms with Crippen LogP contribution in [-0.2, 0) is 29.2 Å². The fourth-order valence-corrected chi connectivity index (χ4v) is 4.81. The number of methoxy groups -OCH3 is 1. The third kappa shape index (κ3) is 5.76. The van der Waals surface area contributed by atoms with Gasteiger partial charge in [-0.1, -0.05) is 66.7 Å². The lowest BCUT2D eigenvalue weighted by Crippen LogP contribution is -2.51. The minimum atomic E-state index is -1.17. The summed E-state index contributed by atoms with van der Waals surface area (Å²) in [6, 6.07) is 26.2. The van der Waals surface area contributed by atoms with Crippen molar-refractivity contribution in [2.45, 2.75) is 31.7 Å². The van der Waals surface area contributed by atoms with E-state index in [0.717, 1.165) is 11.1 Å². The Morgan fingerprint density at radius 2 is 1.62 bits per heavy atom. The molecule has 4 aromatic carbocycles. The van der Waals surface area contributed by atoms with Crippen LogP contribution in [0, 0.1) is 5.82 Å². The number of carbonyl (C=O) groups is 2. The molecule has 4 aromatic rings. The van der Waals surface area contributed by atoms with Crippen LogP contribution in [-0.4, -0.2) is 35.0 Å². The van der Waals surface area contributed by atoms with Crippen molar-refractivity contribution in [1.82, 2.24) is 4.90 Å². The van der Waals surface area contributed by atoms with Crippen LogP contribution in [0.3, 0.4) is 0 Å². The maximum atomic E-state index is 14.0. The summed E-state index contributed by atoms with van der Waals surface area (Å²) >= 11 is 0. The van der Waals surface area contributed by atoms with Crippen molar-refractivity contribution in [3.63, 3.8) is 0 Å². The number of nitrogens with zero attached hydrogens (tertiary/aromatic N) is 1. The molecule has 0 bridgehead atoms. The predicted octanol–water partition coefficient (Wildman–Crippen LogP) is 5.57. The van der Waals surface area contributed by atoms with E-state index in [9.17, 15) is 19.1 Å². The minimum absolute atomic E-state index is 0.0236. The molecule has 0 radical (unpaired) electrons. The lowest BCUT2D eigenvalue weighted by atomic mass is 9.91. The topological polar surface area (TPSA) is 85.3 Å². The number of rotatable bonds is 9. The van der Waals surface area contributed by atoms with Gasteiger partial charge in [0, 0.05) is 24.1 Å². The van der Waals surface area contributed by atoms with Gasteiger partial charge in [-0.25, -0.2) is 9.18 Å². The van der Waals surface area contributed by atoms with Gasteiger partial charge in [-0.2, -0.15) is 0 Å². The van der Waals surface area contributed by atoms with E-state index in [0.29, 0.717) is 22.6 Å². The lowest BCUT2D eigenvalue weighted by Gasteiger charge is -2.37. The molecule has 0 aliphatic carbocycles. The van der Waals surface area contributed by atoms with Crippen LogP contribution in [0.5, 0.6) is 17.2 Å². The van der Waals surface area contributed by atoms with Crippen molar-refractivity contribution in [3.8, 4) is 17.2 Å². The summed E-state index contributed by atoms with van der Waals surface area (Å²) in [6.07, 6.45) is -1.11. The van der Waals surface area contributed by atoms with Gasteiger partial charge in [0.25, 0.3) is 5.91 Å². The predicted molar refractivity (Wildman–Crippen MR) is 146 cm³/mol. The second-order valence-electron chi connectivity index (χ2n) is 9.40. The average molecular weight is 542 g/mol. The molecule has 1 amide bonds. The molecule has 1 N–H and O–H groups in total. The fourth-order valence-electron chi connectivity index (χ4n) is 4.81. The summed E-state index contributed by atoms with van der Waals surface area (Å²) in [5.41, 5.74) is 2.94. The second-order valence-corrected chi connectivity index (χ2v) is 9.40. The zero-order valence-electron chi connectivity index (χ0n) is 21.8. The molecule has 2 atom stereocenters. The van der Waals surface area contributed by atoms with Crippen LogP contribution >= 0.6 is 0 Å². The number of ether oxygens (including phenoxy) is 3. The molecular weight excluding hydrogens is 513 g/mol. The van der Waals surface area contributed by atoms with Gasteiger partial charge in [0.15, 0.2) is 11.5 Å². The number of fused-ring (bicyclic) bond motifs is 1. The molecule has 204 valence electrons. The molecule has 5 rings (SSSR count). The van der Waals surface area contributed by atoms with Gasteiger partial charge in [-0.3, -0.25) is 4.79 Å². The first-order valence-corrected chi connectivity index (χ1v) is 12.8. The van der Waals surface area contributed by atoms with E-state index < -0.39 is 29.8 Å². The van der Waals surface area contributed by atoms with Crippen LogP contribution < -0.4 is 14.2 Å². The SMILES string of the molecule is COc1ccc2c(c1OCc1ccccc1)C[C@@H](C(=O)O)N(C(=O)[C@H](Oc1ccc(F)cc1)c1ccccc1)C2. The zero-order chi connectivity index (χ0) is 28.1. The lowest BCUT2D eigenvalue weighted by molar-refractivity contribution is -0.155. The van der Waals surface area contributed by atoms with Gasteiger partial charge in [0.05, 0.1) is 7.11 Å². The van der Waals surface area contributed by atoms with Gasteiger partial charge < -0.3 is 24.2 Å². The fraction of sp³-hybridized carbons (Fsp3) is 0.188. The highest BCUT2D eigenvalue weighted by Crippen LogP contribution is 2.40. The molecule has 7 nitrogen and oxygen atoms in total.